The van der Waals surface area contributed by atoms with E-state index in [-0.39, 0.29) is 0 Å². The standard InChI is InChI=1S/C16H32N2/c1-3-14-6-4-8-16(10-9-14)18-11-5-7-15(13-18)12-17-2/h14-17H,3-13H2,1-2H3. The molecule has 1 heterocycles. The van der Waals surface area contributed by atoms with Crippen LogP contribution in [0, 0.1) is 11.8 Å². The second-order valence-electron chi connectivity index (χ2n) is 6.50. The SMILES string of the molecule is CCC1CCCC(N2CCCC(CNC)C2)CC1. The molecule has 0 aromatic carbocycles. The van der Waals surface area contributed by atoms with Gasteiger partial charge in [0, 0.05) is 12.6 Å². The van der Waals surface area contributed by atoms with Crippen LogP contribution in [-0.2, 0) is 0 Å². The summed E-state index contributed by atoms with van der Waals surface area (Å²) in [7, 11) is 2.09. The van der Waals surface area contributed by atoms with Crippen LogP contribution in [0.1, 0.15) is 58.3 Å². The summed E-state index contributed by atoms with van der Waals surface area (Å²) in [5, 5.41) is 3.36. The highest BCUT2D eigenvalue weighted by molar-refractivity contribution is 4.82. The van der Waals surface area contributed by atoms with Crippen molar-refractivity contribution >= 4 is 0 Å². The van der Waals surface area contributed by atoms with Crippen LogP contribution in [-0.4, -0.2) is 37.6 Å². The van der Waals surface area contributed by atoms with E-state index in [1.54, 1.807) is 0 Å². The molecule has 106 valence electrons. The number of nitrogens with zero attached hydrogens (tertiary/aromatic N) is 1. The Morgan fingerprint density at radius 3 is 2.61 bits per heavy atom. The highest BCUT2D eigenvalue weighted by Crippen LogP contribution is 2.30. The molecule has 0 spiro atoms. The first-order valence-electron chi connectivity index (χ1n) is 8.22. The van der Waals surface area contributed by atoms with E-state index in [4.69, 9.17) is 0 Å². The number of likely N-dealkylation sites (tertiary alicyclic amines) is 1. The highest BCUT2D eigenvalue weighted by atomic mass is 15.2. The molecule has 0 radical (unpaired) electrons. The van der Waals surface area contributed by atoms with Crippen LogP contribution < -0.4 is 5.32 Å². The van der Waals surface area contributed by atoms with Gasteiger partial charge in [-0.2, -0.15) is 0 Å². The van der Waals surface area contributed by atoms with Gasteiger partial charge in [0.15, 0.2) is 0 Å². The van der Waals surface area contributed by atoms with Gasteiger partial charge in [-0.15, -0.1) is 0 Å². The summed E-state index contributed by atoms with van der Waals surface area (Å²) in [5.41, 5.74) is 0. The number of hydrogen-bond acceptors (Lipinski definition) is 2. The molecule has 3 unspecified atom stereocenters. The number of nitrogens with one attached hydrogen (secondary N) is 1. The minimum atomic E-state index is 0.897. The Morgan fingerprint density at radius 1 is 1.00 bits per heavy atom. The molecule has 1 aliphatic carbocycles. The van der Waals surface area contributed by atoms with E-state index in [9.17, 15) is 0 Å². The fraction of sp³-hybridized carbons (Fsp3) is 1.00. The van der Waals surface area contributed by atoms with Crippen molar-refractivity contribution in [2.45, 2.75) is 64.3 Å². The summed E-state index contributed by atoms with van der Waals surface area (Å²) in [4.78, 5) is 2.82. The molecule has 0 aromatic rings. The van der Waals surface area contributed by atoms with Crippen molar-refractivity contribution in [3.05, 3.63) is 0 Å². The lowest BCUT2D eigenvalue weighted by Crippen LogP contribution is -2.44. The summed E-state index contributed by atoms with van der Waals surface area (Å²) in [5.74, 6) is 1.92. The lowest BCUT2D eigenvalue weighted by atomic mass is 9.94. The topological polar surface area (TPSA) is 15.3 Å². The lowest BCUT2D eigenvalue weighted by molar-refractivity contribution is 0.112. The van der Waals surface area contributed by atoms with E-state index in [0.717, 1.165) is 17.9 Å². The van der Waals surface area contributed by atoms with Crippen LogP contribution >= 0.6 is 0 Å². The molecular formula is C16H32N2. The first-order chi connectivity index (χ1) is 8.83. The van der Waals surface area contributed by atoms with Crippen LogP contribution in [0.2, 0.25) is 0 Å². The van der Waals surface area contributed by atoms with Gasteiger partial charge in [-0.05, 0) is 64.1 Å². The molecule has 2 heteroatoms. The molecule has 2 rings (SSSR count). The molecule has 1 N–H and O–H groups in total. The summed E-state index contributed by atoms with van der Waals surface area (Å²) < 4.78 is 0. The maximum atomic E-state index is 3.36. The Kier molecular flexibility index (Phi) is 5.97. The molecule has 1 saturated heterocycles. The Morgan fingerprint density at radius 2 is 1.83 bits per heavy atom. The zero-order valence-corrected chi connectivity index (χ0v) is 12.5. The second kappa shape index (κ2) is 7.49. The molecule has 1 saturated carbocycles. The monoisotopic (exact) mass is 252 g/mol. The van der Waals surface area contributed by atoms with E-state index in [1.807, 2.05) is 0 Å². The Bertz CT molecular complexity index is 227. The van der Waals surface area contributed by atoms with Crippen LogP contribution in [0.15, 0.2) is 0 Å². The molecule has 2 aliphatic rings. The van der Waals surface area contributed by atoms with Crippen molar-refractivity contribution in [1.29, 1.82) is 0 Å². The van der Waals surface area contributed by atoms with Crippen LogP contribution in [0.5, 0.6) is 0 Å². The molecule has 3 atom stereocenters. The van der Waals surface area contributed by atoms with Crippen LogP contribution in [0.25, 0.3) is 0 Å². The minimum Gasteiger partial charge on any atom is -0.319 e. The summed E-state index contributed by atoms with van der Waals surface area (Å²) >= 11 is 0. The zero-order valence-electron chi connectivity index (χ0n) is 12.5. The highest BCUT2D eigenvalue weighted by Gasteiger charge is 2.27. The van der Waals surface area contributed by atoms with Crippen molar-refractivity contribution < 1.29 is 0 Å². The fourth-order valence-electron chi connectivity index (χ4n) is 4.02. The number of hydrogen-bond donors (Lipinski definition) is 1. The van der Waals surface area contributed by atoms with Gasteiger partial charge in [0.2, 0.25) is 0 Å². The van der Waals surface area contributed by atoms with Gasteiger partial charge in [0.05, 0.1) is 0 Å². The maximum Gasteiger partial charge on any atom is 0.00954 e. The third-order valence-electron chi connectivity index (χ3n) is 5.19. The Balaban J connectivity index is 1.82. The third-order valence-corrected chi connectivity index (χ3v) is 5.19. The molecule has 0 bridgehead atoms. The van der Waals surface area contributed by atoms with E-state index < -0.39 is 0 Å². The van der Waals surface area contributed by atoms with Crippen LogP contribution in [0.3, 0.4) is 0 Å². The van der Waals surface area contributed by atoms with Gasteiger partial charge < -0.3 is 10.2 Å². The molecule has 2 fully saturated rings. The van der Waals surface area contributed by atoms with Gasteiger partial charge >= 0.3 is 0 Å². The summed E-state index contributed by atoms with van der Waals surface area (Å²) in [6.07, 6.45) is 11.6. The van der Waals surface area contributed by atoms with E-state index >= 15 is 0 Å². The van der Waals surface area contributed by atoms with Gasteiger partial charge in [0.1, 0.15) is 0 Å². The van der Waals surface area contributed by atoms with Crippen molar-refractivity contribution in [3.8, 4) is 0 Å². The average Bonchev–Trinajstić information content (AvgIpc) is 2.65. The molecule has 0 aromatic heterocycles. The minimum absolute atomic E-state index is 0.897. The first-order valence-corrected chi connectivity index (χ1v) is 8.22. The molecule has 18 heavy (non-hydrogen) atoms. The van der Waals surface area contributed by atoms with Crippen LogP contribution in [0.4, 0.5) is 0 Å². The van der Waals surface area contributed by atoms with E-state index in [0.29, 0.717) is 0 Å². The smallest absolute Gasteiger partial charge is 0.00954 e. The number of rotatable bonds is 4. The second-order valence-corrected chi connectivity index (χ2v) is 6.50. The number of piperidine rings is 1. The fourth-order valence-corrected chi connectivity index (χ4v) is 4.02. The van der Waals surface area contributed by atoms with E-state index in [2.05, 4.69) is 24.2 Å². The molecular weight excluding hydrogens is 220 g/mol. The Labute approximate surface area is 114 Å². The van der Waals surface area contributed by atoms with E-state index in [1.165, 1.54) is 71.0 Å². The lowest BCUT2D eigenvalue weighted by Gasteiger charge is -2.38. The average molecular weight is 252 g/mol. The zero-order chi connectivity index (χ0) is 12.8. The van der Waals surface area contributed by atoms with Crippen molar-refractivity contribution in [2.75, 3.05) is 26.7 Å². The predicted molar refractivity (Wildman–Crippen MR) is 78.9 cm³/mol. The van der Waals surface area contributed by atoms with Gasteiger partial charge in [0.25, 0.3) is 0 Å². The third kappa shape index (κ3) is 3.96. The quantitative estimate of drug-likeness (QED) is 0.773. The molecule has 2 nitrogen and oxygen atoms in total. The van der Waals surface area contributed by atoms with Gasteiger partial charge in [-0.25, -0.2) is 0 Å². The normalized spacial score (nSPS) is 35.3. The van der Waals surface area contributed by atoms with Gasteiger partial charge in [-0.1, -0.05) is 26.2 Å². The van der Waals surface area contributed by atoms with Crippen molar-refractivity contribution in [1.82, 2.24) is 10.2 Å². The van der Waals surface area contributed by atoms with Crippen molar-refractivity contribution in [2.24, 2.45) is 11.8 Å². The molecule has 0 amide bonds. The predicted octanol–water partition coefficient (Wildman–Crippen LogP) is 3.28. The summed E-state index contributed by atoms with van der Waals surface area (Å²) in [6, 6.07) is 0.904. The maximum absolute atomic E-state index is 3.36. The summed E-state index contributed by atoms with van der Waals surface area (Å²) in [6.45, 7) is 6.29. The Hall–Kier alpha value is -0.0800. The largest absolute Gasteiger partial charge is 0.319 e. The molecule has 1 aliphatic heterocycles. The van der Waals surface area contributed by atoms with Gasteiger partial charge in [-0.3, -0.25) is 0 Å². The van der Waals surface area contributed by atoms with Crippen molar-refractivity contribution in [3.63, 3.8) is 0 Å². The first kappa shape index (κ1) is 14.3.